The Labute approximate surface area is 239 Å². The fraction of sp³-hybridized carbons (Fsp3) is 0.310. The smallest absolute Gasteiger partial charge is 0.273 e. The van der Waals surface area contributed by atoms with Gasteiger partial charge in [-0.25, -0.2) is 8.42 Å². The largest absolute Gasteiger partial charge is 0.497 e. The molecule has 0 fully saturated rings. The Morgan fingerprint density at radius 3 is 2.22 bits per heavy atom. The number of ether oxygens (including phenoxy) is 1. The van der Waals surface area contributed by atoms with E-state index in [2.05, 4.69) is 5.32 Å². The van der Waals surface area contributed by atoms with Crippen LogP contribution in [0.1, 0.15) is 30.5 Å². The normalized spacial score (nSPS) is 11.8. The van der Waals surface area contributed by atoms with Crippen LogP contribution in [0.4, 0.5) is 11.4 Å². The van der Waals surface area contributed by atoms with Gasteiger partial charge >= 0.3 is 0 Å². The molecular formula is C29H34N4O7S. The Bertz CT molecular complexity index is 1510. The molecule has 2 amide bonds. The Morgan fingerprint density at radius 1 is 1.02 bits per heavy atom. The third kappa shape index (κ3) is 7.40. The van der Waals surface area contributed by atoms with Crippen molar-refractivity contribution < 1.29 is 27.7 Å². The van der Waals surface area contributed by atoms with Gasteiger partial charge in [0.1, 0.15) is 18.3 Å². The van der Waals surface area contributed by atoms with E-state index in [9.17, 15) is 28.1 Å². The summed E-state index contributed by atoms with van der Waals surface area (Å²) in [5.41, 5.74) is 1.85. The first-order valence-electron chi connectivity index (χ1n) is 12.9. The molecule has 0 radical (unpaired) electrons. The number of nitro benzene ring substituents is 1. The van der Waals surface area contributed by atoms with Crippen LogP contribution in [0.15, 0.2) is 71.6 Å². The van der Waals surface area contributed by atoms with Crippen LogP contribution < -0.4 is 14.4 Å². The maximum Gasteiger partial charge on any atom is 0.273 e. The number of nitrogens with one attached hydrogen (secondary N) is 1. The van der Waals surface area contributed by atoms with Gasteiger partial charge in [0, 0.05) is 24.7 Å². The molecule has 0 bridgehead atoms. The predicted molar refractivity (Wildman–Crippen MR) is 155 cm³/mol. The Balaban J connectivity index is 2.08. The number of nitrogens with zero attached hydrogens (tertiary/aromatic N) is 3. The Hall–Kier alpha value is -4.45. The van der Waals surface area contributed by atoms with Crippen molar-refractivity contribution in [3.05, 3.63) is 93.5 Å². The highest BCUT2D eigenvalue weighted by Gasteiger charge is 2.33. The lowest BCUT2D eigenvalue weighted by Crippen LogP contribution is -2.51. The van der Waals surface area contributed by atoms with Gasteiger partial charge in [0.25, 0.3) is 15.7 Å². The maximum absolute atomic E-state index is 14.0. The lowest BCUT2D eigenvalue weighted by molar-refractivity contribution is -0.385. The molecule has 0 unspecified atom stereocenters. The number of sulfonamides is 1. The zero-order valence-electron chi connectivity index (χ0n) is 23.7. The number of carbonyl (C=O) groups is 2. The number of hydrogen-bond donors (Lipinski definition) is 1. The second kappa shape index (κ2) is 13.3. The fourth-order valence-electron chi connectivity index (χ4n) is 4.15. The molecule has 0 heterocycles. The first-order chi connectivity index (χ1) is 19.4. The van der Waals surface area contributed by atoms with Gasteiger partial charge in [-0.3, -0.25) is 24.0 Å². The van der Waals surface area contributed by atoms with Crippen LogP contribution in [0.25, 0.3) is 0 Å². The van der Waals surface area contributed by atoms with Crippen molar-refractivity contribution in [2.45, 2.75) is 45.2 Å². The zero-order chi connectivity index (χ0) is 30.3. The van der Waals surface area contributed by atoms with Crippen molar-refractivity contribution in [3.63, 3.8) is 0 Å². The van der Waals surface area contributed by atoms with Crippen molar-refractivity contribution in [3.8, 4) is 5.75 Å². The van der Waals surface area contributed by atoms with Crippen LogP contribution in [0, 0.1) is 24.0 Å². The number of hydrogen-bond acceptors (Lipinski definition) is 7. The van der Waals surface area contributed by atoms with Crippen LogP contribution >= 0.6 is 0 Å². The Morgan fingerprint density at radius 2 is 1.66 bits per heavy atom. The second-order valence-corrected chi connectivity index (χ2v) is 11.4. The minimum atomic E-state index is -4.47. The van der Waals surface area contributed by atoms with Gasteiger partial charge in [0.15, 0.2) is 0 Å². The summed E-state index contributed by atoms with van der Waals surface area (Å²) in [4.78, 5) is 38.5. The van der Waals surface area contributed by atoms with Crippen LogP contribution in [0.2, 0.25) is 0 Å². The van der Waals surface area contributed by atoms with Gasteiger partial charge in [-0.05, 0) is 63.6 Å². The number of likely N-dealkylation sites (N-methyl/N-ethyl adjacent to an activating group) is 1. The molecule has 3 aromatic rings. The summed E-state index contributed by atoms with van der Waals surface area (Å²) in [7, 11) is -3.01. The van der Waals surface area contributed by atoms with E-state index in [0.29, 0.717) is 17.9 Å². The standard InChI is InChI=1S/C29H34N4O7S/c1-6-30-29(35)22(4)31(18-23-10-7-20(2)8-11-23)28(34)19-32(24-12-14-25(40-5)15-13-24)41(38,39)26-16-9-21(3)27(17-26)33(36)37/h7-17,22H,6,18-19H2,1-5H3,(H,30,35)/t22-/m0/s1. The molecule has 3 rings (SSSR count). The molecule has 0 aliphatic rings. The number of benzene rings is 3. The van der Waals surface area contributed by atoms with Gasteiger partial charge < -0.3 is 15.0 Å². The van der Waals surface area contributed by atoms with E-state index in [1.165, 1.54) is 43.2 Å². The monoisotopic (exact) mass is 582 g/mol. The highest BCUT2D eigenvalue weighted by Crippen LogP contribution is 2.29. The number of amides is 2. The molecule has 12 heteroatoms. The van der Waals surface area contributed by atoms with Crippen molar-refractivity contribution in [1.82, 2.24) is 10.2 Å². The van der Waals surface area contributed by atoms with Gasteiger partial charge in [0.05, 0.1) is 22.6 Å². The molecule has 1 N–H and O–H groups in total. The van der Waals surface area contributed by atoms with E-state index in [-0.39, 0.29) is 28.7 Å². The number of anilines is 1. The molecule has 0 spiro atoms. The quantitative estimate of drug-likeness (QED) is 0.252. The third-order valence-corrected chi connectivity index (χ3v) is 8.37. The number of aryl methyl sites for hydroxylation is 2. The SMILES string of the molecule is CCNC(=O)[C@H](C)N(Cc1ccc(C)cc1)C(=O)CN(c1ccc(OC)cc1)S(=O)(=O)c1ccc(C)c([N+](=O)[O-])c1. The molecule has 1 atom stereocenters. The summed E-state index contributed by atoms with van der Waals surface area (Å²) in [6.07, 6.45) is 0. The van der Waals surface area contributed by atoms with Crippen molar-refractivity contribution in [2.24, 2.45) is 0 Å². The van der Waals surface area contributed by atoms with Crippen LogP contribution in [0.5, 0.6) is 5.75 Å². The predicted octanol–water partition coefficient (Wildman–Crippen LogP) is 3.97. The number of rotatable bonds is 12. The number of carbonyl (C=O) groups excluding carboxylic acids is 2. The van der Waals surface area contributed by atoms with E-state index in [0.717, 1.165) is 21.5 Å². The second-order valence-electron chi connectivity index (χ2n) is 9.49. The summed E-state index contributed by atoms with van der Waals surface area (Å²) in [5.74, 6) is -0.555. The summed E-state index contributed by atoms with van der Waals surface area (Å²) in [6.45, 7) is 6.52. The first-order valence-corrected chi connectivity index (χ1v) is 14.4. The summed E-state index contributed by atoms with van der Waals surface area (Å²) in [6, 6.07) is 16.2. The molecular weight excluding hydrogens is 548 g/mol. The van der Waals surface area contributed by atoms with E-state index in [1.54, 1.807) is 26.0 Å². The molecule has 0 aromatic heterocycles. The topological polar surface area (TPSA) is 139 Å². The minimum Gasteiger partial charge on any atom is -0.497 e. The van der Waals surface area contributed by atoms with Crippen molar-refractivity contribution >= 4 is 33.2 Å². The highest BCUT2D eigenvalue weighted by molar-refractivity contribution is 7.92. The van der Waals surface area contributed by atoms with Gasteiger partial charge in [0.2, 0.25) is 11.8 Å². The summed E-state index contributed by atoms with van der Waals surface area (Å²) in [5, 5.41) is 14.3. The molecule has 218 valence electrons. The number of nitro groups is 1. The average Bonchev–Trinajstić information content (AvgIpc) is 2.95. The van der Waals surface area contributed by atoms with Gasteiger partial charge in [-0.1, -0.05) is 35.9 Å². The first kappa shape index (κ1) is 31.1. The summed E-state index contributed by atoms with van der Waals surface area (Å²) < 4.78 is 34.0. The van der Waals surface area contributed by atoms with E-state index in [4.69, 9.17) is 4.74 Å². The van der Waals surface area contributed by atoms with Crippen LogP contribution in [-0.4, -0.2) is 56.3 Å². The van der Waals surface area contributed by atoms with Gasteiger partial charge in [-0.2, -0.15) is 0 Å². The highest BCUT2D eigenvalue weighted by atomic mass is 32.2. The lowest BCUT2D eigenvalue weighted by atomic mass is 10.1. The van der Waals surface area contributed by atoms with Crippen molar-refractivity contribution in [1.29, 1.82) is 0 Å². The molecule has 3 aromatic carbocycles. The summed E-state index contributed by atoms with van der Waals surface area (Å²) >= 11 is 0. The zero-order valence-corrected chi connectivity index (χ0v) is 24.5. The molecule has 0 saturated carbocycles. The minimum absolute atomic E-state index is 0.0594. The molecule has 0 aliphatic carbocycles. The van der Waals surface area contributed by atoms with Gasteiger partial charge in [-0.15, -0.1) is 0 Å². The average molecular weight is 583 g/mol. The van der Waals surface area contributed by atoms with E-state index < -0.39 is 33.4 Å². The molecule has 0 saturated heterocycles. The number of methoxy groups -OCH3 is 1. The molecule has 41 heavy (non-hydrogen) atoms. The van der Waals surface area contributed by atoms with Crippen LogP contribution in [0.3, 0.4) is 0 Å². The lowest BCUT2D eigenvalue weighted by Gasteiger charge is -2.32. The fourth-order valence-corrected chi connectivity index (χ4v) is 5.58. The van der Waals surface area contributed by atoms with Crippen molar-refractivity contribution in [2.75, 3.05) is 24.5 Å². The van der Waals surface area contributed by atoms with Crippen LogP contribution in [-0.2, 0) is 26.2 Å². The van der Waals surface area contributed by atoms with E-state index >= 15 is 0 Å². The van der Waals surface area contributed by atoms with E-state index in [1.807, 2.05) is 31.2 Å². The molecule has 11 nitrogen and oxygen atoms in total. The molecule has 0 aliphatic heterocycles. The third-order valence-electron chi connectivity index (χ3n) is 6.60. The Kier molecular flexibility index (Phi) is 10.1. The maximum atomic E-state index is 14.0.